The molecule has 0 unspecified atom stereocenters. The first-order chi connectivity index (χ1) is 8.83. The van der Waals surface area contributed by atoms with Gasteiger partial charge in [0.1, 0.15) is 6.33 Å². The molecule has 1 amide bonds. The van der Waals surface area contributed by atoms with Crippen LogP contribution in [0.5, 0.6) is 0 Å². The van der Waals surface area contributed by atoms with Gasteiger partial charge in [-0.15, -0.1) is 0 Å². The van der Waals surface area contributed by atoms with Crippen molar-refractivity contribution in [1.29, 1.82) is 0 Å². The van der Waals surface area contributed by atoms with Gasteiger partial charge in [-0.05, 0) is 30.2 Å². The second-order valence-electron chi connectivity index (χ2n) is 4.13. The number of aromatic nitrogens is 2. The molecule has 0 aliphatic carbocycles. The number of rotatable bonds is 2. The van der Waals surface area contributed by atoms with Crippen molar-refractivity contribution in [2.24, 2.45) is 0 Å². The van der Waals surface area contributed by atoms with Crippen LogP contribution >= 0.6 is 0 Å². The monoisotopic (exact) mass is 240 g/mol. The zero-order chi connectivity index (χ0) is 12.4. The molecule has 0 bridgehead atoms. The highest BCUT2D eigenvalue weighted by molar-refractivity contribution is 6.04. The molecule has 1 aliphatic heterocycles. The van der Waals surface area contributed by atoms with E-state index >= 15 is 0 Å². The van der Waals surface area contributed by atoms with Crippen LogP contribution in [0.2, 0.25) is 0 Å². The zero-order valence-electron chi connectivity index (χ0n) is 9.68. The first kappa shape index (κ1) is 10.7. The van der Waals surface area contributed by atoms with Gasteiger partial charge >= 0.3 is 0 Å². The van der Waals surface area contributed by atoms with Crippen LogP contribution in [0.15, 0.2) is 36.9 Å². The van der Waals surface area contributed by atoms with Gasteiger partial charge in [0.05, 0.1) is 5.56 Å². The second kappa shape index (κ2) is 4.44. The van der Waals surface area contributed by atoms with Gasteiger partial charge in [0.2, 0.25) is 0 Å². The topological polar surface area (TPSA) is 66.9 Å². The predicted octanol–water partition coefficient (Wildman–Crippen LogP) is 1.70. The smallest absolute Gasteiger partial charge is 0.258 e. The van der Waals surface area contributed by atoms with Gasteiger partial charge in [0.25, 0.3) is 5.91 Å². The summed E-state index contributed by atoms with van der Waals surface area (Å²) in [5.41, 5.74) is 3.63. The Morgan fingerprint density at radius 3 is 2.94 bits per heavy atom. The molecular formula is C13H12N4O. The van der Waals surface area contributed by atoms with Crippen molar-refractivity contribution < 1.29 is 4.79 Å². The van der Waals surface area contributed by atoms with E-state index < -0.39 is 0 Å². The number of carbonyl (C=O) groups excluding carboxylic acids is 1. The van der Waals surface area contributed by atoms with Gasteiger partial charge in [-0.2, -0.15) is 0 Å². The van der Waals surface area contributed by atoms with Gasteiger partial charge in [0.15, 0.2) is 0 Å². The summed E-state index contributed by atoms with van der Waals surface area (Å²) in [5, 5.41) is 6.12. The van der Waals surface area contributed by atoms with Crippen LogP contribution in [0, 0.1) is 0 Å². The number of benzene rings is 1. The number of nitrogens with one attached hydrogen (secondary N) is 2. The fourth-order valence-electron chi connectivity index (χ4n) is 2.00. The third-order valence-corrected chi connectivity index (χ3v) is 2.90. The molecule has 0 atom stereocenters. The SMILES string of the molecule is O=C(Nc1ccc2c(c1)CCN2)c1cncnc1. The summed E-state index contributed by atoms with van der Waals surface area (Å²) >= 11 is 0. The summed E-state index contributed by atoms with van der Waals surface area (Å²) in [4.78, 5) is 19.6. The molecule has 0 saturated heterocycles. The van der Waals surface area contributed by atoms with Crippen molar-refractivity contribution in [3.8, 4) is 0 Å². The number of nitrogens with zero attached hydrogens (tertiary/aromatic N) is 2. The fraction of sp³-hybridized carbons (Fsp3) is 0.154. The van der Waals surface area contributed by atoms with Crippen molar-refractivity contribution >= 4 is 17.3 Å². The van der Waals surface area contributed by atoms with Crippen LogP contribution in [-0.2, 0) is 6.42 Å². The van der Waals surface area contributed by atoms with Crippen LogP contribution in [0.25, 0.3) is 0 Å². The summed E-state index contributed by atoms with van der Waals surface area (Å²) in [7, 11) is 0. The lowest BCUT2D eigenvalue weighted by molar-refractivity contribution is 0.102. The Bertz CT molecular complexity index is 583. The number of anilines is 2. The molecule has 2 N–H and O–H groups in total. The molecule has 0 fully saturated rings. The Kier molecular flexibility index (Phi) is 2.64. The lowest BCUT2D eigenvalue weighted by Gasteiger charge is -2.06. The number of hydrogen-bond acceptors (Lipinski definition) is 4. The van der Waals surface area contributed by atoms with E-state index in [1.165, 1.54) is 24.3 Å². The summed E-state index contributed by atoms with van der Waals surface area (Å²) < 4.78 is 0. The van der Waals surface area contributed by atoms with E-state index in [0.29, 0.717) is 5.56 Å². The summed E-state index contributed by atoms with van der Waals surface area (Å²) in [6.45, 7) is 0.958. The minimum absolute atomic E-state index is 0.193. The maximum absolute atomic E-state index is 11.9. The molecule has 18 heavy (non-hydrogen) atoms. The standard InChI is InChI=1S/C13H12N4O/c18-13(10-6-14-8-15-7-10)17-11-1-2-12-9(5-11)3-4-16-12/h1-2,5-8,16H,3-4H2,(H,17,18). The first-order valence-electron chi connectivity index (χ1n) is 5.76. The van der Waals surface area contributed by atoms with E-state index in [9.17, 15) is 4.79 Å². The lowest BCUT2D eigenvalue weighted by atomic mass is 10.1. The zero-order valence-corrected chi connectivity index (χ0v) is 9.68. The van der Waals surface area contributed by atoms with E-state index in [2.05, 4.69) is 20.6 Å². The third kappa shape index (κ3) is 2.02. The Morgan fingerprint density at radius 1 is 1.28 bits per heavy atom. The molecule has 1 aromatic carbocycles. The average Bonchev–Trinajstić information content (AvgIpc) is 2.87. The highest BCUT2D eigenvalue weighted by Gasteiger charge is 2.12. The van der Waals surface area contributed by atoms with Gasteiger partial charge in [-0.1, -0.05) is 0 Å². The molecule has 2 aromatic rings. The molecule has 2 heterocycles. The largest absolute Gasteiger partial charge is 0.384 e. The molecule has 3 rings (SSSR count). The van der Waals surface area contributed by atoms with Crippen LogP contribution in [0.3, 0.4) is 0 Å². The lowest BCUT2D eigenvalue weighted by Crippen LogP contribution is -2.12. The molecule has 90 valence electrons. The van der Waals surface area contributed by atoms with Crippen molar-refractivity contribution in [1.82, 2.24) is 9.97 Å². The average molecular weight is 240 g/mol. The number of amides is 1. The van der Waals surface area contributed by atoms with Crippen molar-refractivity contribution in [2.45, 2.75) is 6.42 Å². The molecule has 0 spiro atoms. The maximum atomic E-state index is 11.9. The van der Waals surface area contributed by atoms with Crippen LogP contribution in [0.1, 0.15) is 15.9 Å². The van der Waals surface area contributed by atoms with E-state index in [1.54, 1.807) is 0 Å². The number of hydrogen-bond donors (Lipinski definition) is 2. The Balaban J connectivity index is 1.79. The second-order valence-corrected chi connectivity index (χ2v) is 4.13. The van der Waals surface area contributed by atoms with Crippen molar-refractivity contribution in [3.05, 3.63) is 48.0 Å². The number of fused-ring (bicyclic) bond motifs is 1. The van der Waals surface area contributed by atoms with Gasteiger partial charge < -0.3 is 10.6 Å². The van der Waals surface area contributed by atoms with E-state index in [1.807, 2.05) is 18.2 Å². The van der Waals surface area contributed by atoms with E-state index in [4.69, 9.17) is 0 Å². The normalized spacial score (nSPS) is 12.7. The Morgan fingerprint density at radius 2 is 2.11 bits per heavy atom. The Labute approximate surface area is 104 Å². The fourth-order valence-corrected chi connectivity index (χ4v) is 2.00. The highest BCUT2D eigenvalue weighted by atomic mass is 16.1. The van der Waals surface area contributed by atoms with Gasteiger partial charge in [-0.25, -0.2) is 9.97 Å². The Hall–Kier alpha value is -2.43. The molecular weight excluding hydrogens is 228 g/mol. The van der Waals surface area contributed by atoms with E-state index in [-0.39, 0.29) is 5.91 Å². The molecule has 1 aromatic heterocycles. The summed E-state index contributed by atoms with van der Waals surface area (Å²) in [5.74, 6) is -0.193. The highest BCUT2D eigenvalue weighted by Crippen LogP contribution is 2.25. The molecule has 5 heteroatoms. The number of carbonyl (C=O) groups is 1. The van der Waals surface area contributed by atoms with Crippen LogP contribution in [0.4, 0.5) is 11.4 Å². The minimum Gasteiger partial charge on any atom is -0.384 e. The summed E-state index contributed by atoms with van der Waals surface area (Å²) in [6.07, 6.45) is 5.39. The third-order valence-electron chi connectivity index (χ3n) is 2.90. The van der Waals surface area contributed by atoms with Crippen LogP contribution < -0.4 is 10.6 Å². The van der Waals surface area contributed by atoms with Gasteiger partial charge in [-0.3, -0.25) is 4.79 Å². The van der Waals surface area contributed by atoms with Crippen molar-refractivity contribution in [3.63, 3.8) is 0 Å². The van der Waals surface area contributed by atoms with Gasteiger partial charge in [0, 0.05) is 30.3 Å². The molecule has 0 radical (unpaired) electrons. The first-order valence-corrected chi connectivity index (χ1v) is 5.76. The quantitative estimate of drug-likeness (QED) is 0.838. The molecule has 1 aliphatic rings. The maximum Gasteiger partial charge on any atom is 0.258 e. The van der Waals surface area contributed by atoms with Crippen molar-refractivity contribution in [2.75, 3.05) is 17.2 Å². The van der Waals surface area contributed by atoms with Crippen LogP contribution in [-0.4, -0.2) is 22.4 Å². The minimum atomic E-state index is -0.193. The predicted molar refractivity (Wildman–Crippen MR) is 68.6 cm³/mol. The molecule has 0 saturated carbocycles. The van der Waals surface area contributed by atoms with E-state index in [0.717, 1.165) is 24.3 Å². The molecule has 5 nitrogen and oxygen atoms in total. The summed E-state index contributed by atoms with van der Waals surface area (Å²) in [6, 6.07) is 5.87.